The van der Waals surface area contributed by atoms with Gasteiger partial charge in [-0.15, -0.1) is 0 Å². The van der Waals surface area contributed by atoms with Crippen LogP contribution in [0.25, 0.3) is 6.08 Å². The van der Waals surface area contributed by atoms with Gasteiger partial charge < -0.3 is 58.3 Å². The summed E-state index contributed by atoms with van der Waals surface area (Å²) in [6.45, 7) is 1.55. The van der Waals surface area contributed by atoms with Gasteiger partial charge in [-0.05, 0) is 23.8 Å². The van der Waals surface area contributed by atoms with Gasteiger partial charge in [0, 0.05) is 33.8 Å². The summed E-state index contributed by atoms with van der Waals surface area (Å²) in [7, 11) is 0. The molecule has 0 bridgehead atoms. The second kappa shape index (κ2) is 15.9. The van der Waals surface area contributed by atoms with Crippen LogP contribution in [0.1, 0.15) is 33.3 Å². The fourth-order valence-electron chi connectivity index (χ4n) is 4.80. The molecule has 0 saturated carbocycles. The van der Waals surface area contributed by atoms with Crippen LogP contribution in [0.15, 0.2) is 30.3 Å². The van der Waals surface area contributed by atoms with Crippen molar-refractivity contribution in [1.29, 1.82) is 0 Å². The van der Waals surface area contributed by atoms with Gasteiger partial charge in [-0.3, -0.25) is 19.2 Å². The van der Waals surface area contributed by atoms with Crippen LogP contribution in [0.4, 0.5) is 0 Å². The average Bonchev–Trinajstić information content (AvgIpc) is 3.26. The van der Waals surface area contributed by atoms with Gasteiger partial charge in [0.1, 0.15) is 37.3 Å². The summed E-state index contributed by atoms with van der Waals surface area (Å²) in [4.78, 5) is 60.5. The number of esters is 5. The van der Waals surface area contributed by atoms with Crippen LogP contribution < -0.4 is 0 Å². The van der Waals surface area contributed by atoms with Crippen molar-refractivity contribution in [3.05, 3.63) is 35.9 Å². The Balaban J connectivity index is 2.03. The molecule has 2 saturated heterocycles. The molecule has 2 heterocycles. The molecule has 0 amide bonds. The van der Waals surface area contributed by atoms with Crippen LogP contribution in [0, 0.1) is 0 Å². The first-order valence-electron chi connectivity index (χ1n) is 13.9. The van der Waals surface area contributed by atoms with Gasteiger partial charge in [-0.25, -0.2) is 4.79 Å². The van der Waals surface area contributed by atoms with Crippen molar-refractivity contribution in [2.75, 3.05) is 19.8 Å². The lowest BCUT2D eigenvalue weighted by molar-refractivity contribution is -0.384. The zero-order chi connectivity index (χ0) is 34.2. The van der Waals surface area contributed by atoms with Crippen LogP contribution in [0.2, 0.25) is 0 Å². The molecular weight excluding hydrogens is 620 g/mol. The van der Waals surface area contributed by atoms with Gasteiger partial charge in [0.05, 0.1) is 6.61 Å². The summed E-state index contributed by atoms with van der Waals surface area (Å²) in [6.07, 6.45) is -11.0. The summed E-state index contributed by atoms with van der Waals surface area (Å²) in [5, 5.41) is 41.1. The molecule has 1 aromatic rings. The molecule has 1 aromatic carbocycles. The van der Waals surface area contributed by atoms with Crippen LogP contribution in [-0.2, 0) is 61.9 Å². The van der Waals surface area contributed by atoms with Crippen molar-refractivity contribution in [3.63, 3.8) is 0 Å². The third-order valence-electron chi connectivity index (χ3n) is 6.69. The molecule has 254 valence electrons. The van der Waals surface area contributed by atoms with E-state index in [0.29, 0.717) is 5.56 Å². The maximum absolute atomic E-state index is 13.0. The molecule has 46 heavy (non-hydrogen) atoms. The minimum atomic E-state index is -2.51. The van der Waals surface area contributed by atoms with Crippen molar-refractivity contribution in [2.45, 2.75) is 82.5 Å². The first-order valence-corrected chi connectivity index (χ1v) is 13.9. The second-order valence-corrected chi connectivity index (χ2v) is 10.3. The number of phenolic OH excluding ortho intramolecular Hbond substituents is 1. The number of aliphatic hydroxyl groups is 3. The number of aromatic hydroxyl groups is 1. The number of aliphatic hydroxyl groups excluding tert-OH is 3. The normalized spacial score (nSPS) is 30.8. The van der Waals surface area contributed by atoms with Crippen LogP contribution in [0.3, 0.4) is 0 Å². The van der Waals surface area contributed by atoms with Gasteiger partial charge >= 0.3 is 29.8 Å². The Morgan fingerprint density at radius 1 is 0.826 bits per heavy atom. The van der Waals surface area contributed by atoms with E-state index in [4.69, 9.17) is 37.9 Å². The minimum absolute atomic E-state index is 0.0116. The third-order valence-corrected chi connectivity index (χ3v) is 6.69. The molecule has 2 fully saturated rings. The number of rotatable bonds is 12. The van der Waals surface area contributed by atoms with E-state index >= 15 is 0 Å². The molecule has 2 aliphatic rings. The molecule has 4 N–H and O–H groups in total. The molecule has 0 unspecified atom stereocenters. The van der Waals surface area contributed by atoms with Crippen LogP contribution >= 0.6 is 0 Å². The number of carbonyl (C=O) groups is 5. The molecule has 3 rings (SSSR count). The predicted octanol–water partition coefficient (Wildman–Crippen LogP) is -1.14. The Morgan fingerprint density at radius 2 is 1.41 bits per heavy atom. The highest BCUT2D eigenvalue weighted by molar-refractivity contribution is 5.87. The average molecular weight is 657 g/mol. The van der Waals surface area contributed by atoms with E-state index in [9.17, 15) is 44.4 Å². The summed E-state index contributed by atoms with van der Waals surface area (Å²) < 4.78 is 43.8. The smallest absolute Gasteiger partial charge is 0.331 e. The quantitative estimate of drug-likeness (QED) is 0.118. The topological polar surface area (TPSA) is 240 Å². The van der Waals surface area contributed by atoms with E-state index in [1.807, 2.05) is 0 Å². The molecular formula is C29H36O17. The highest BCUT2D eigenvalue weighted by Gasteiger charge is 2.63. The van der Waals surface area contributed by atoms with Crippen LogP contribution in [-0.4, -0.2) is 125 Å². The largest absolute Gasteiger partial charge is 0.508 e. The fraction of sp³-hybridized carbons (Fsp3) is 0.552. The van der Waals surface area contributed by atoms with Gasteiger partial charge in [0.15, 0.2) is 24.4 Å². The monoisotopic (exact) mass is 656 g/mol. The Hall–Kier alpha value is -4.13. The highest BCUT2D eigenvalue weighted by Crippen LogP contribution is 2.40. The SMILES string of the molecule is CC(=O)OC[C@H]1O[C@H](O[C@]2(CO)O[C@H](CO)[C@@H](OC(C)=O)[C@@H]2OC(=O)/C=C/c2ccc(O)cc2)[C@H](OC(C)=O)[C@@H](OC(C)=O)[C@@H]1O. The van der Waals surface area contributed by atoms with Crippen molar-refractivity contribution in [3.8, 4) is 5.75 Å². The fourth-order valence-corrected chi connectivity index (χ4v) is 4.80. The molecule has 17 heteroatoms. The van der Waals surface area contributed by atoms with E-state index in [2.05, 4.69) is 0 Å². The number of carbonyl (C=O) groups excluding carboxylic acids is 5. The predicted molar refractivity (Wildman–Crippen MR) is 148 cm³/mol. The summed E-state index contributed by atoms with van der Waals surface area (Å²) >= 11 is 0. The van der Waals surface area contributed by atoms with E-state index in [1.165, 1.54) is 30.3 Å². The molecule has 0 aliphatic carbocycles. The van der Waals surface area contributed by atoms with Gasteiger partial charge in [0.25, 0.3) is 0 Å². The standard InChI is InChI=1S/C29H36O17/c1-14(32)39-12-21-23(38)25(41-16(3)34)26(42-17(4)35)28(43-21)46-29(13-31)27(24(40-15(2)33)20(11-30)45-29)44-22(37)10-7-18-5-8-19(36)9-6-18/h5-10,20-21,23-28,30-31,36,38H,11-13H2,1-4H3/b10-7+/t20-,21-,23-,24-,25+,26-,27+,28-,29+/m1/s1. The first kappa shape index (κ1) is 36.3. The Morgan fingerprint density at radius 3 is 1.96 bits per heavy atom. The Kier molecular flexibility index (Phi) is 12.6. The number of phenols is 1. The number of benzene rings is 1. The molecule has 2 aliphatic heterocycles. The van der Waals surface area contributed by atoms with Crippen molar-refractivity contribution in [2.24, 2.45) is 0 Å². The lowest BCUT2D eigenvalue weighted by Crippen LogP contribution is -2.65. The minimum Gasteiger partial charge on any atom is -0.508 e. The number of hydrogen-bond donors (Lipinski definition) is 4. The van der Waals surface area contributed by atoms with Crippen molar-refractivity contribution in [1.82, 2.24) is 0 Å². The Bertz CT molecular complexity index is 1280. The third kappa shape index (κ3) is 9.21. The highest BCUT2D eigenvalue weighted by atomic mass is 16.8. The molecule has 0 radical (unpaired) electrons. The Labute approximate surface area is 262 Å². The zero-order valence-corrected chi connectivity index (χ0v) is 25.3. The second-order valence-electron chi connectivity index (χ2n) is 10.3. The van der Waals surface area contributed by atoms with Crippen molar-refractivity contribution < 1.29 is 82.3 Å². The van der Waals surface area contributed by atoms with Gasteiger partial charge in [0.2, 0.25) is 12.1 Å². The summed E-state index contributed by atoms with van der Waals surface area (Å²) in [5.41, 5.74) is 0.487. The maximum Gasteiger partial charge on any atom is 0.331 e. The van der Waals surface area contributed by atoms with E-state index in [-0.39, 0.29) is 5.75 Å². The zero-order valence-electron chi connectivity index (χ0n) is 25.3. The molecule has 0 spiro atoms. The van der Waals surface area contributed by atoms with E-state index in [1.54, 1.807) is 0 Å². The first-order chi connectivity index (χ1) is 21.7. The number of ether oxygens (including phenoxy) is 8. The molecule has 0 aromatic heterocycles. The van der Waals surface area contributed by atoms with Gasteiger partial charge in [-0.2, -0.15) is 0 Å². The lowest BCUT2D eigenvalue weighted by Gasteiger charge is -2.45. The number of hydrogen-bond acceptors (Lipinski definition) is 17. The van der Waals surface area contributed by atoms with E-state index < -0.39 is 104 Å². The molecule has 9 atom stereocenters. The summed E-state index contributed by atoms with van der Waals surface area (Å²) in [6, 6.07) is 5.75. The van der Waals surface area contributed by atoms with Crippen LogP contribution in [0.5, 0.6) is 5.75 Å². The lowest BCUT2D eigenvalue weighted by atomic mass is 9.98. The summed E-state index contributed by atoms with van der Waals surface area (Å²) in [5.74, 6) is -7.06. The molecule has 17 nitrogen and oxygen atoms in total. The van der Waals surface area contributed by atoms with Crippen molar-refractivity contribution >= 4 is 35.9 Å². The maximum atomic E-state index is 13.0. The van der Waals surface area contributed by atoms with Gasteiger partial charge in [-0.1, -0.05) is 12.1 Å². The van der Waals surface area contributed by atoms with E-state index in [0.717, 1.165) is 33.8 Å².